The average Bonchev–Trinajstić information content (AvgIpc) is 3.26. The van der Waals surface area contributed by atoms with Crippen molar-refractivity contribution >= 4 is 17.7 Å². The van der Waals surface area contributed by atoms with Crippen molar-refractivity contribution in [2.24, 2.45) is 5.92 Å². The zero-order valence-electron chi connectivity index (χ0n) is 10.9. The molecule has 0 unspecified atom stereocenters. The second-order valence-corrected chi connectivity index (χ2v) is 4.62. The van der Waals surface area contributed by atoms with Crippen molar-refractivity contribution in [1.29, 1.82) is 0 Å². The first-order valence-electron chi connectivity index (χ1n) is 6.29. The zero-order valence-corrected chi connectivity index (χ0v) is 10.9. The van der Waals surface area contributed by atoms with Crippen molar-refractivity contribution in [2.45, 2.75) is 12.8 Å². The van der Waals surface area contributed by atoms with Crippen LogP contribution in [-0.4, -0.2) is 24.3 Å². The summed E-state index contributed by atoms with van der Waals surface area (Å²) in [5.74, 6) is -3.66. The van der Waals surface area contributed by atoms with Gasteiger partial charge in [-0.05, 0) is 25.0 Å². The summed E-state index contributed by atoms with van der Waals surface area (Å²) < 4.78 is 26.0. The summed E-state index contributed by atoms with van der Waals surface area (Å²) in [4.78, 5) is 34.2. The molecular formula is C13H13F2N3O3. The number of hydrogen-bond donors (Lipinski definition) is 3. The van der Waals surface area contributed by atoms with Crippen LogP contribution in [0.1, 0.15) is 23.2 Å². The molecule has 21 heavy (non-hydrogen) atoms. The third-order valence-corrected chi connectivity index (χ3v) is 2.86. The van der Waals surface area contributed by atoms with Crippen molar-refractivity contribution in [3.8, 4) is 0 Å². The van der Waals surface area contributed by atoms with E-state index in [0.29, 0.717) is 6.07 Å². The van der Waals surface area contributed by atoms with Gasteiger partial charge in [-0.2, -0.15) is 0 Å². The summed E-state index contributed by atoms with van der Waals surface area (Å²) in [7, 11) is 0. The molecule has 0 spiro atoms. The Morgan fingerprint density at radius 1 is 1.14 bits per heavy atom. The van der Waals surface area contributed by atoms with E-state index in [1.807, 2.05) is 0 Å². The highest BCUT2D eigenvalue weighted by molar-refractivity contribution is 5.96. The van der Waals surface area contributed by atoms with Crippen LogP contribution in [-0.2, 0) is 9.59 Å². The van der Waals surface area contributed by atoms with E-state index >= 15 is 0 Å². The van der Waals surface area contributed by atoms with E-state index in [1.54, 1.807) is 0 Å². The summed E-state index contributed by atoms with van der Waals surface area (Å²) in [6.45, 7) is -0.444. The van der Waals surface area contributed by atoms with Gasteiger partial charge in [0, 0.05) is 12.0 Å². The van der Waals surface area contributed by atoms with E-state index in [1.165, 1.54) is 0 Å². The molecule has 0 atom stereocenters. The average molecular weight is 297 g/mol. The van der Waals surface area contributed by atoms with Gasteiger partial charge in [0.15, 0.2) is 0 Å². The van der Waals surface area contributed by atoms with Gasteiger partial charge in [0.1, 0.15) is 11.6 Å². The van der Waals surface area contributed by atoms with Crippen molar-refractivity contribution < 1.29 is 23.2 Å². The molecule has 1 fully saturated rings. The number of rotatable bonds is 4. The van der Waals surface area contributed by atoms with Crippen molar-refractivity contribution in [3.05, 3.63) is 35.4 Å². The topological polar surface area (TPSA) is 87.3 Å². The molecule has 1 aliphatic rings. The van der Waals surface area contributed by atoms with Gasteiger partial charge in [-0.1, -0.05) is 0 Å². The minimum atomic E-state index is -1.02. The molecule has 0 aromatic heterocycles. The minimum Gasteiger partial charge on any atom is -0.343 e. The van der Waals surface area contributed by atoms with Crippen LogP contribution in [0.4, 0.5) is 8.78 Å². The smallest absolute Gasteiger partial charge is 0.257 e. The summed E-state index contributed by atoms with van der Waals surface area (Å²) in [6.07, 6.45) is 1.59. The maximum absolute atomic E-state index is 13.3. The van der Waals surface area contributed by atoms with Crippen LogP contribution in [0.15, 0.2) is 18.2 Å². The number of hydrogen-bond acceptors (Lipinski definition) is 3. The van der Waals surface area contributed by atoms with E-state index in [9.17, 15) is 23.2 Å². The molecule has 1 aliphatic carbocycles. The molecule has 8 heteroatoms. The Labute approximate surface area is 118 Å². The second kappa shape index (κ2) is 6.29. The highest BCUT2D eigenvalue weighted by atomic mass is 19.1. The standard InChI is InChI=1S/C13H13F2N3O3/c14-8-3-4-9(10(15)5-8)13(21)16-6-11(19)17-18-12(20)7-1-2-7/h3-5,7H,1-2,6H2,(H,16,21)(H,17,19)(H,18,20). The lowest BCUT2D eigenvalue weighted by Crippen LogP contribution is -2.46. The van der Waals surface area contributed by atoms with E-state index in [2.05, 4.69) is 16.2 Å². The number of halogens is 2. The lowest BCUT2D eigenvalue weighted by Gasteiger charge is -2.08. The molecule has 0 heterocycles. The lowest BCUT2D eigenvalue weighted by atomic mass is 10.2. The predicted molar refractivity (Wildman–Crippen MR) is 67.7 cm³/mol. The Morgan fingerprint density at radius 3 is 2.48 bits per heavy atom. The third-order valence-electron chi connectivity index (χ3n) is 2.86. The molecule has 112 valence electrons. The normalized spacial score (nSPS) is 13.4. The fourth-order valence-corrected chi connectivity index (χ4v) is 1.55. The van der Waals surface area contributed by atoms with Crippen LogP contribution in [0.25, 0.3) is 0 Å². The number of nitrogens with one attached hydrogen (secondary N) is 3. The largest absolute Gasteiger partial charge is 0.343 e. The molecule has 0 saturated heterocycles. The van der Waals surface area contributed by atoms with Gasteiger partial charge in [0.2, 0.25) is 5.91 Å². The molecule has 6 nitrogen and oxygen atoms in total. The SMILES string of the molecule is O=C(CNC(=O)c1ccc(F)cc1F)NNC(=O)C1CC1. The maximum Gasteiger partial charge on any atom is 0.257 e. The van der Waals surface area contributed by atoms with Crippen molar-refractivity contribution in [3.63, 3.8) is 0 Å². The second-order valence-electron chi connectivity index (χ2n) is 4.62. The number of hydrazine groups is 1. The zero-order chi connectivity index (χ0) is 15.4. The highest BCUT2D eigenvalue weighted by Gasteiger charge is 2.29. The maximum atomic E-state index is 13.3. The number of carbonyl (C=O) groups is 3. The Bertz CT molecular complexity index is 588. The molecule has 1 aromatic carbocycles. The molecule has 1 saturated carbocycles. The molecule has 1 aromatic rings. The Hall–Kier alpha value is -2.51. The molecular weight excluding hydrogens is 284 g/mol. The Morgan fingerprint density at radius 2 is 1.86 bits per heavy atom. The first-order valence-corrected chi connectivity index (χ1v) is 6.29. The van der Waals surface area contributed by atoms with Crippen molar-refractivity contribution in [1.82, 2.24) is 16.2 Å². The Kier molecular flexibility index (Phi) is 4.46. The van der Waals surface area contributed by atoms with Crippen LogP contribution in [0, 0.1) is 17.6 Å². The third kappa shape index (κ3) is 4.23. The van der Waals surface area contributed by atoms with E-state index in [4.69, 9.17) is 0 Å². The molecule has 0 aliphatic heterocycles. The first kappa shape index (κ1) is 14.9. The van der Waals surface area contributed by atoms with Crippen LogP contribution in [0.2, 0.25) is 0 Å². The quantitative estimate of drug-likeness (QED) is 0.696. The summed E-state index contributed by atoms with van der Waals surface area (Å²) in [5, 5.41) is 2.16. The van der Waals surface area contributed by atoms with Gasteiger partial charge in [-0.15, -0.1) is 0 Å². The highest BCUT2D eigenvalue weighted by Crippen LogP contribution is 2.28. The van der Waals surface area contributed by atoms with E-state index in [-0.39, 0.29) is 17.4 Å². The van der Waals surface area contributed by atoms with Crippen LogP contribution < -0.4 is 16.2 Å². The predicted octanol–water partition coefficient (Wildman–Crippen LogP) is 0.252. The lowest BCUT2D eigenvalue weighted by molar-refractivity contribution is -0.129. The van der Waals surface area contributed by atoms with E-state index < -0.39 is 30.0 Å². The molecule has 0 radical (unpaired) electrons. The molecule has 0 bridgehead atoms. The number of benzene rings is 1. The first-order chi connectivity index (χ1) is 9.97. The van der Waals surface area contributed by atoms with Gasteiger partial charge >= 0.3 is 0 Å². The van der Waals surface area contributed by atoms with Gasteiger partial charge in [-0.3, -0.25) is 25.2 Å². The summed E-state index contributed by atoms with van der Waals surface area (Å²) >= 11 is 0. The fraction of sp³-hybridized carbons (Fsp3) is 0.308. The minimum absolute atomic E-state index is 0.0618. The Balaban J connectivity index is 1.77. The van der Waals surface area contributed by atoms with Gasteiger partial charge in [0.05, 0.1) is 12.1 Å². The van der Waals surface area contributed by atoms with Gasteiger partial charge < -0.3 is 5.32 Å². The van der Waals surface area contributed by atoms with Crippen LogP contribution >= 0.6 is 0 Å². The summed E-state index contributed by atoms with van der Waals surface area (Å²) in [5.41, 5.74) is 3.97. The van der Waals surface area contributed by atoms with Crippen LogP contribution in [0.5, 0.6) is 0 Å². The monoisotopic (exact) mass is 297 g/mol. The number of carbonyl (C=O) groups excluding carboxylic acids is 3. The van der Waals surface area contributed by atoms with Crippen LogP contribution in [0.3, 0.4) is 0 Å². The summed E-state index contributed by atoms with van der Waals surface area (Å²) in [6, 6.07) is 2.49. The molecule has 3 amide bonds. The van der Waals surface area contributed by atoms with Gasteiger partial charge in [-0.25, -0.2) is 8.78 Å². The van der Waals surface area contributed by atoms with Crippen molar-refractivity contribution in [2.75, 3.05) is 6.54 Å². The van der Waals surface area contributed by atoms with E-state index in [0.717, 1.165) is 25.0 Å². The fourth-order valence-electron chi connectivity index (χ4n) is 1.55. The van der Waals surface area contributed by atoms with Gasteiger partial charge in [0.25, 0.3) is 11.8 Å². The molecule has 3 N–H and O–H groups in total. The number of amides is 3. The molecule has 2 rings (SSSR count).